The third kappa shape index (κ3) is 1.94. The molecule has 2 N–H and O–H groups in total. The Kier molecular flexibility index (Phi) is 3.08. The molecule has 3 rings (SSSR count). The van der Waals surface area contributed by atoms with E-state index in [1.54, 1.807) is 0 Å². The molecule has 2 unspecified atom stereocenters. The normalized spacial score (nSPS) is 29.2. The molecule has 2 heterocycles. The standard InChI is InChI=1S/C15H25N3/c1-10-8-11(2)18-13(9-10)17-14(15(18)16)12-6-4-3-5-7-12/h10-12H,3-9,16H2,1-2H3. The van der Waals surface area contributed by atoms with Crippen LogP contribution < -0.4 is 5.73 Å². The van der Waals surface area contributed by atoms with E-state index in [4.69, 9.17) is 10.7 Å². The number of hydrogen-bond acceptors (Lipinski definition) is 2. The van der Waals surface area contributed by atoms with Crippen LogP contribution in [0.25, 0.3) is 0 Å². The number of hydrogen-bond donors (Lipinski definition) is 1. The second kappa shape index (κ2) is 4.60. The van der Waals surface area contributed by atoms with Gasteiger partial charge in [-0.2, -0.15) is 0 Å². The molecule has 0 amide bonds. The molecule has 3 nitrogen and oxygen atoms in total. The van der Waals surface area contributed by atoms with Gasteiger partial charge >= 0.3 is 0 Å². The third-order valence-corrected chi connectivity index (χ3v) is 4.76. The molecule has 1 aromatic heterocycles. The Morgan fingerprint density at radius 2 is 1.89 bits per heavy atom. The first-order valence-corrected chi connectivity index (χ1v) is 7.53. The number of fused-ring (bicyclic) bond motifs is 1. The first-order chi connectivity index (χ1) is 8.66. The molecular weight excluding hydrogens is 222 g/mol. The van der Waals surface area contributed by atoms with Crippen LogP contribution in [0.3, 0.4) is 0 Å². The minimum atomic E-state index is 0.522. The molecule has 1 fully saturated rings. The topological polar surface area (TPSA) is 43.8 Å². The number of nitrogen functional groups attached to an aromatic ring is 1. The summed E-state index contributed by atoms with van der Waals surface area (Å²) in [5, 5.41) is 0. The van der Waals surface area contributed by atoms with Crippen LogP contribution in [0, 0.1) is 5.92 Å². The molecule has 2 atom stereocenters. The molecular formula is C15H25N3. The van der Waals surface area contributed by atoms with Gasteiger partial charge in [0.05, 0.1) is 5.69 Å². The fourth-order valence-corrected chi connectivity index (χ4v) is 3.91. The first-order valence-electron chi connectivity index (χ1n) is 7.53. The molecule has 1 saturated carbocycles. The van der Waals surface area contributed by atoms with Crippen molar-refractivity contribution in [1.29, 1.82) is 0 Å². The third-order valence-electron chi connectivity index (χ3n) is 4.76. The van der Waals surface area contributed by atoms with Crippen molar-refractivity contribution in [2.24, 2.45) is 5.92 Å². The molecule has 0 saturated heterocycles. The van der Waals surface area contributed by atoms with Crippen LogP contribution in [0.1, 0.15) is 75.9 Å². The van der Waals surface area contributed by atoms with Gasteiger partial charge in [-0.15, -0.1) is 0 Å². The lowest BCUT2D eigenvalue weighted by Gasteiger charge is -2.27. The summed E-state index contributed by atoms with van der Waals surface area (Å²) in [6, 6.07) is 0.522. The minimum Gasteiger partial charge on any atom is -0.384 e. The van der Waals surface area contributed by atoms with Gasteiger partial charge in [0, 0.05) is 18.4 Å². The summed E-state index contributed by atoms with van der Waals surface area (Å²) >= 11 is 0. The van der Waals surface area contributed by atoms with Crippen molar-refractivity contribution in [3.63, 3.8) is 0 Å². The van der Waals surface area contributed by atoms with Crippen molar-refractivity contribution in [3.8, 4) is 0 Å². The first kappa shape index (κ1) is 12.1. The Balaban J connectivity index is 1.94. The van der Waals surface area contributed by atoms with E-state index in [9.17, 15) is 0 Å². The molecule has 1 aliphatic heterocycles. The zero-order valence-electron chi connectivity index (χ0n) is 11.7. The van der Waals surface area contributed by atoms with Gasteiger partial charge in [-0.3, -0.25) is 0 Å². The van der Waals surface area contributed by atoms with E-state index < -0.39 is 0 Å². The number of nitrogens with zero attached hydrogens (tertiary/aromatic N) is 2. The Morgan fingerprint density at radius 3 is 2.61 bits per heavy atom. The van der Waals surface area contributed by atoms with Crippen LogP contribution in [0.15, 0.2) is 0 Å². The molecule has 2 aliphatic rings. The SMILES string of the molecule is CC1Cc2nc(C3CCCCC3)c(N)n2C(C)C1. The summed E-state index contributed by atoms with van der Waals surface area (Å²) in [5.41, 5.74) is 7.60. The van der Waals surface area contributed by atoms with Crippen LogP contribution in [0.5, 0.6) is 0 Å². The van der Waals surface area contributed by atoms with Crippen LogP contribution in [0.4, 0.5) is 5.82 Å². The number of rotatable bonds is 1. The average molecular weight is 247 g/mol. The lowest BCUT2D eigenvalue weighted by molar-refractivity contribution is 0.346. The Labute approximate surface area is 110 Å². The van der Waals surface area contributed by atoms with E-state index in [1.165, 1.54) is 50.0 Å². The molecule has 3 heteroatoms. The quantitative estimate of drug-likeness (QED) is 0.823. The van der Waals surface area contributed by atoms with Crippen LogP contribution in [-0.2, 0) is 6.42 Å². The van der Waals surface area contributed by atoms with E-state index >= 15 is 0 Å². The molecule has 0 bridgehead atoms. The van der Waals surface area contributed by atoms with Gasteiger partial charge in [0.15, 0.2) is 0 Å². The summed E-state index contributed by atoms with van der Waals surface area (Å²) in [7, 11) is 0. The largest absolute Gasteiger partial charge is 0.384 e. The summed E-state index contributed by atoms with van der Waals surface area (Å²) < 4.78 is 2.31. The van der Waals surface area contributed by atoms with Gasteiger partial charge in [-0.25, -0.2) is 4.98 Å². The summed E-state index contributed by atoms with van der Waals surface area (Å²) in [4.78, 5) is 4.91. The highest BCUT2D eigenvalue weighted by atomic mass is 15.2. The van der Waals surface area contributed by atoms with Crippen molar-refractivity contribution in [1.82, 2.24) is 9.55 Å². The zero-order chi connectivity index (χ0) is 12.7. The lowest BCUT2D eigenvalue weighted by Crippen LogP contribution is -2.22. The van der Waals surface area contributed by atoms with Gasteiger partial charge < -0.3 is 10.3 Å². The molecule has 1 aromatic rings. The fraction of sp³-hybridized carbons (Fsp3) is 0.800. The predicted molar refractivity (Wildman–Crippen MR) is 74.7 cm³/mol. The van der Waals surface area contributed by atoms with E-state index in [0.29, 0.717) is 12.0 Å². The Morgan fingerprint density at radius 1 is 1.17 bits per heavy atom. The molecule has 1 aliphatic carbocycles. The van der Waals surface area contributed by atoms with Crippen molar-refractivity contribution in [2.75, 3.05) is 5.73 Å². The Hall–Kier alpha value is -0.990. The van der Waals surface area contributed by atoms with Crippen LogP contribution in [0.2, 0.25) is 0 Å². The second-order valence-corrected chi connectivity index (χ2v) is 6.40. The number of aromatic nitrogens is 2. The van der Waals surface area contributed by atoms with Gasteiger partial charge in [0.25, 0.3) is 0 Å². The fourth-order valence-electron chi connectivity index (χ4n) is 3.91. The lowest BCUT2D eigenvalue weighted by atomic mass is 9.87. The van der Waals surface area contributed by atoms with Gasteiger partial charge in [-0.05, 0) is 32.1 Å². The number of anilines is 1. The monoisotopic (exact) mass is 247 g/mol. The maximum atomic E-state index is 6.39. The van der Waals surface area contributed by atoms with Crippen molar-refractivity contribution >= 4 is 5.82 Å². The highest BCUT2D eigenvalue weighted by Crippen LogP contribution is 2.39. The Bertz CT molecular complexity index is 429. The van der Waals surface area contributed by atoms with Crippen LogP contribution in [-0.4, -0.2) is 9.55 Å². The second-order valence-electron chi connectivity index (χ2n) is 6.40. The summed E-state index contributed by atoms with van der Waals surface area (Å²) in [6.07, 6.45) is 8.97. The zero-order valence-corrected chi connectivity index (χ0v) is 11.7. The van der Waals surface area contributed by atoms with Crippen molar-refractivity contribution < 1.29 is 0 Å². The van der Waals surface area contributed by atoms with E-state index in [-0.39, 0.29) is 0 Å². The predicted octanol–water partition coefficient (Wildman–Crippen LogP) is 3.66. The van der Waals surface area contributed by atoms with Crippen molar-refractivity contribution in [2.45, 2.75) is 70.8 Å². The van der Waals surface area contributed by atoms with Crippen molar-refractivity contribution in [3.05, 3.63) is 11.5 Å². The molecule has 0 radical (unpaired) electrons. The van der Waals surface area contributed by atoms with E-state index in [1.807, 2.05) is 0 Å². The highest BCUT2D eigenvalue weighted by molar-refractivity contribution is 5.42. The highest BCUT2D eigenvalue weighted by Gasteiger charge is 2.29. The smallest absolute Gasteiger partial charge is 0.127 e. The average Bonchev–Trinajstić information content (AvgIpc) is 2.67. The van der Waals surface area contributed by atoms with Gasteiger partial charge in [0.2, 0.25) is 0 Å². The van der Waals surface area contributed by atoms with Gasteiger partial charge in [-0.1, -0.05) is 26.2 Å². The summed E-state index contributed by atoms with van der Waals surface area (Å²) in [6.45, 7) is 4.60. The molecule has 0 spiro atoms. The summed E-state index contributed by atoms with van der Waals surface area (Å²) in [5.74, 6) is 3.57. The van der Waals surface area contributed by atoms with E-state index in [0.717, 1.165) is 18.2 Å². The van der Waals surface area contributed by atoms with E-state index in [2.05, 4.69) is 18.4 Å². The molecule has 0 aromatic carbocycles. The number of imidazole rings is 1. The van der Waals surface area contributed by atoms with Gasteiger partial charge in [0.1, 0.15) is 11.6 Å². The maximum absolute atomic E-state index is 6.39. The maximum Gasteiger partial charge on any atom is 0.127 e. The minimum absolute atomic E-state index is 0.522. The van der Waals surface area contributed by atoms with Crippen LogP contribution >= 0.6 is 0 Å². The molecule has 100 valence electrons. The molecule has 18 heavy (non-hydrogen) atoms. The number of nitrogens with two attached hydrogens (primary N) is 1.